The summed E-state index contributed by atoms with van der Waals surface area (Å²) in [6.45, 7) is 9.33. The minimum absolute atomic E-state index is 0.262. The van der Waals surface area contributed by atoms with Crippen molar-refractivity contribution in [2.45, 2.75) is 38.6 Å². The maximum Gasteiger partial charge on any atom is 0.184 e. The van der Waals surface area contributed by atoms with E-state index in [1.165, 1.54) is 0 Å². The van der Waals surface area contributed by atoms with Gasteiger partial charge in [0.25, 0.3) is 0 Å². The molecule has 0 heterocycles. The van der Waals surface area contributed by atoms with Crippen molar-refractivity contribution in [1.82, 2.24) is 0 Å². The largest absolute Gasteiger partial charge is 0.491 e. The zero-order valence-electron chi connectivity index (χ0n) is 12.2. The van der Waals surface area contributed by atoms with Crippen molar-refractivity contribution in [2.24, 2.45) is 0 Å². The number of hydrogen-bond donors (Lipinski definition) is 0. The van der Waals surface area contributed by atoms with Gasteiger partial charge in [0.05, 0.1) is 5.60 Å². The Hall–Kier alpha value is -0.333. The van der Waals surface area contributed by atoms with E-state index >= 15 is 0 Å². The minimum atomic E-state index is -1.60. The molecule has 1 unspecified atom stereocenters. The highest BCUT2D eigenvalue weighted by Gasteiger charge is 2.31. The first kappa shape index (κ1) is 16.7. The summed E-state index contributed by atoms with van der Waals surface area (Å²) in [6, 6.07) is 9.91. The van der Waals surface area contributed by atoms with Crippen molar-refractivity contribution in [3.63, 3.8) is 0 Å². The van der Waals surface area contributed by atoms with Gasteiger partial charge in [-0.1, -0.05) is 46.9 Å². The zero-order chi connectivity index (χ0) is 14.4. The van der Waals surface area contributed by atoms with Gasteiger partial charge in [0.15, 0.2) is 8.32 Å². The van der Waals surface area contributed by atoms with E-state index in [0.717, 1.165) is 12.2 Å². The van der Waals surface area contributed by atoms with Gasteiger partial charge >= 0.3 is 0 Å². The van der Waals surface area contributed by atoms with Crippen LogP contribution in [0.25, 0.3) is 0 Å². The lowest BCUT2D eigenvalue weighted by Crippen LogP contribution is -2.44. The van der Waals surface area contributed by atoms with Gasteiger partial charge < -0.3 is 9.16 Å². The lowest BCUT2D eigenvalue weighted by molar-refractivity contribution is 0.0312. The highest BCUT2D eigenvalue weighted by atomic mass is 127. The fourth-order valence-corrected chi connectivity index (χ4v) is 3.79. The Kier molecular flexibility index (Phi) is 6.56. The molecule has 0 bridgehead atoms. The normalized spacial score (nSPS) is 15.4. The maximum atomic E-state index is 6.31. The highest BCUT2D eigenvalue weighted by molar-refractivity contribution is 14.1. The summed E-state index contributed by atoms with van der Waals surface area (Å²) in [6.07, 6.45) is 3.00. The Balaban J connectivity index is 2.68. The molecule has 0 saturated heterocycles. The van der Waals surface area contributed by atoms with Crippen LogP contribution in [0.5, 0.6) is 5.75 Å². The van der Waals surface area contributed by atoms with Gasteiger partial charge in [-0.15, -0.1) is 0 Å². The van der Waals surface area contributed by atoms with E-state index in [-0.39, 0.29) is 5.60 Å². The van der Waals surface area contributed by atoms with Crippen LogP contribution in [0.3, 0.4) is 0 Å². The van der Waals surface area contributed by atoms with Crippen molar-refractivity contribution >= 4 is 30.9 Å². The molecule has 4 heteroatoms. The third-order valence-electron chi connectivity index (χ3n) is 2.48. The summed E-state index contributed by atoms with van der Waals surface area (Å²) >= 11 is 2.24. The Bertz CT molecular complexity index is 400. The van der Waals surface area contributed by atoms with Gasteiger partial charge in [0, 0.05) is 0 Å². The van der Waals surface area contributed by atoms with Crippen LogP contribution in [0.4, 0.5) is 0 Å². The minimum Gasteiger partial charge on any atom is -0.491 e. The van der Waals surface area contributed by atoms with Gasteiger partial charge in [-0.3, -0.25) is 0 Å². The Labute approximate surface area is 131 Å². The third kappa shape index (κ3) is 7.13. The summed E-state index contributed by atoms with van der Waals surface area (Å²) in [5.74, 6) is 0.895. The lowest BCUT2D eigenvalue weighted by Gasteiger charge is -2.35. The van der Waals surface area contributed by atoms with Crippen molar-refractivity contribution < 1.29 is 9.16 Å². The van der Waals surface area contributed by atoms with Crippen LogP contribution in [-0.2, 0) is 4.43 Å². The average molecular weight is 390 g/mol. The number of hydrogen-bond acceptors (Lipinski definition) is 2. The van der Waals surface area contributed by atoms with Crippen molar-refractivity contribution in [2.75, 3.05) is 6.61 Å². The van der Waals surface area contributed by atoms with Crippen LogP contribution < -0.4 is 4.74 Å². The van der Waals surface area contributed by atoms with Crippen LogP contribution in [-0.4, -0.2) is 20.5 Å². The van der Waals surface area contributed by atoms with E-state index in [2.05, 4.69) is 55.2 Å². The first-order valence-corrected chi connectivity index (χ1v) is 11.1. The summed E-state index contributed by atoms with van der Waals surface area (Å²) in [7, 11) is -1.60. The Morgan fingerprint density at radius 1 is 1.21 bits per heavy atom. The molecule has 1 aromatic rings. The predicted molar refractivity (Wildman–Crippen MR) is 92.6 cm³/mol. The smallest absolute Gasteiger partial charge is 0.184 e. The molecule has 0 aliphatic carbocycles. The molecule has 2 nitrogen and oxygen atoms in total. The SMILES string of the molecule is CC(C/C=C\I)(COc1ccccc1)O[Si](C)(C)C. The molecule has 0 aliphatic heterocycles. The van der Waals surface area contributed by atoms with Crippen LogP contribution in [0, 0.1) is 0 Å². The van der Waals surface area contributed by atoms with E-state index < -0.39 is 8.32 Å². The number of ether oxygens (including phenoxy) is 1. The fraction of sp³-hybridized carbons (Fsp3) is 0.467. The van der Waals surface area contributed by atoms with Gasteiger partial charge in [0.1, 0.15) is 12.4 Å². The Morgan fingerprint density at radius 2 is 1.84 bits per heavy atom. The first-order valence-electron chi connectivity index (χ1n) is 6.48. The van der Waals surface area contributed by atoms with Gasteiger partial charge in [-0.05, 0) is 49.2 Å². The second kappa shape index (κ2) is 7.45. The molecule has 0 amide bonds. The molecule has 1 atom stereocenters. The van der Waals surface area contributed by atoms with E-state index in [1.54, 1.807) is 0 Å². The molecule has 0 radical (unpaired) electrons. The average Bonchev–Trinajstić information content (AvgIpc) is 2.33. The molecular weight excluding hydrogens is 367 g/mol. The molecule has 106 valence electrons. The fourth-order valence-electron chi connectivity index (χ4n) is 1.92. The zero-order valence-corrected chi connectivity index (χ0v) is 15.3. The molecule has 0 aliphatic rings. The lowest BCUT2D eigenvalue weighted by atomic mass is 10.0. The van der Waals surface area contributed by atoms with Crippen molar-refractivity contribution in [3.05, 3.63) is 40.5 Å². The summed E-state index contributed by atoms with van der Waals surface area (Å²) in [5.41, 5.74) is -0.262. The molecule has 0 spiro atoms. The predicted octanol–water partition coefficient (Wildman–Crippen LogP) is 5.01. The first-order chi connectivity index (χ1) is 8.85. The van der Waals surface area contributed by atoms with Gasteiger partial charge in [0.2, 0.25) is 0 Å². The summed E-state index contributed by atoms with van der Waals surface area (Å²) in [4.78, 5) is 0. The van der Waals surface area contributed by atoms with Crippen molar-refractivity contribution in [1.29, 1.82) is 0 Å². The van der Waals surface area contributed by atoms with Crippen LogP contribution >= 0.6 is 22.6 Å². The molecule has 0 fully saturated rings. The van der Waals surface area contributed by atoms with E-state index in [4.69, 9.17) is 9.16 Å². The quantitative estimate of drug-likeness (QED) is 0.481. The van der Waals surface area contributed by atoms with Crippen LogP contribution in [0.15, 0.2) is 40.5 Å². The molecule has 1 rings (SSSR count). The second-order valence-electron chi connectivity index (χ2n) is 5.83. The topological polar surface area (TPSA) is 18.5 Å². The number of halogens is 1. The standard InChI is InChI=1S/C15H23IO2Si/c1-15(11-8-12-16,18-19(2,3)4)13-17-14-9-6-5-7-10-14/h5-10,12H,11,13H2,1-4H3/b12-8-. The Morgan fingerprint density at radius 3 is 2.37 bits per heavy atom. The van der Waals surface area contributed by atoms with E-state index in [0.29, 0.717) is 6.61 Å². The molecule has 0 N–H and O–H groups in total. The monoisotopic (exact) mass is 390 g/mol. The van der Waals surface area contributed by atoms with E-state index in [9.17, 15) is 0 Å². The van der Waals surface area contributed by atoms with Gasteiger partial charge in [-0.2, -0.15) is 0 Å². The number of para-hydroxylation sites is 1. The third-order valence-corrected chi connectivity index (χ3v) is 4.09. The van der Waals surface area contributed by atoms with Crippen LogP contribution in [0.2, 0.25) is 19.6 Å². The number of rotatable bonds is 7. The van der Waals surface area contributed by atoms with Crippen molar-refractivity contribution in [3.8, 4) is 5.75 Å². The molecule has 19 heavy (non-hydrogen) atoms. The second-order valence-corrected chi connectivity index (χ2v) is 11.0. The van der Waals surface area contributed by atoms with Crippen LogP contribution in [0.1, 0.15) is 13.3 Å². The molecule has 0 saturated carbocycles. The number of benzene rings is 1. The summed E-state index contributed by atoms with van der Waals surface area (Å²) in [5, 5.41) is 0. The van der Waals surface area contributed by atoms with E-state index in [1.807, 2.05) is 34.4 Å². The molecule has 1 aromatic carbocycles. The molecular formula is C15H23IO2Si. The molecule has 0 aromatic heterocycles. The van der Waals surface area contributed by atoms with Gasteiger partial charge in [-0.25, -0.2) is 0 Å². The summed E-state index contributed by atoms with van der Waals surface area (Å²) < 4.78 is 14.2. The maximum absolute atomic E-state index is 6.31. The highest BCUT2D eigenvalue weighted by Crippen LogP contribution is 2.24.